The van der Waals surface area contributed by atoms with Crippen LogP contribution in [0.5, 0.6) is 0 Å². The first-order chi connectivity index (χ1) is 19.9. The van der Waals surface area contributed by atoms with Gasteiger partial charge >= 0.3 is 5.97 Å². The fraction of sp³-hybridized carbons (Fsp3) is 0.364. The molecule has 1 aliphatic carbocycles. The molecular formula is C33H36N2O6. The van der Waals surface area contributed by atoms with Gasteiger partial charge in [0.05, 0.1) is 24.3 Å². The van der Waals surface area contributed by atoms with Gasteiger partial charge in [-0.25, -0.2) is 0 Å². The number of nitrogens with one attached hydrogen (secondary N) is 2. The molecular weight excluding hydrogens is 520 g/mol. The summed E-state index contributed by atoms with van der Waals surface area (Å²) in [4.78, 5) is 38.3. The Kier molecular flexibility index (Phi) is 9.11. The zero-order valence-electron chi connectivity index (χ0n) is 22.8. The van der Waals surface area contributed by atoms with E-state index in [1.165, 1.54) is 0 Å². The maximum Gasteiger partial charge on any atom is 0.306 e. The normalized spacial score (nSPS) is 21.8. The standard InChI is InChI=1S/C33H36N2O6/c36-27(26(18-22-11-5-2-6-12-22)34-33(40)29-15-16-30(38)41-29)20-24(17-21-9-3-1-4-10-21)32(39)35-31-25-14-8-7-13-23(25)19-28(31)37/h1-14,24,26-29,31,36-37H,15-20H2,(H,34,40)(H,35,39)/t24-,26+,27+,28-,29+,31+/m1/s1. The largest absolute Gasteiger partial charge is 0.452 e. The Hall–Kier alpha value is -4.01. The molecule has 3 aromatic carbocycles. The van der Waals surface area contributed by atoms with Gasteiger partial charge in [-0.3, -0.25) is 14.4 Å². The molecule has 6 atom stereocenters. The molecule has 41 heavy (non-hydrogen) atoms. The van der Waals surface area contributed by atoms with Gasteiger partial charge in [0.2, 0.25) is 5.91 Å². The lowest BCUT2D eigenvalue weighted by molar-refractivity contribution is -0.148. The molecule has 0 radical (unpaired) electrons. The van der Waals surface area contributed by atoms with Crippen LogP contribution in [0.4, 0.5) is 0 Å². The molecule has 0 saturated carbocycles. The maximum atomic E-state index is 13.8. The summed E-state index contributed by atoms with van der Waals surface area (Å²) in [5, 5.41) is 28.2. The van der Waals surface area contributed by atoms with Crippen molar-refractivity contribution in [2.45, 2.75) is 68.9 Å². The predicted octanol–water partition coefficient (Wildman–Crippen LogP) is 2.80. The van der Waals surface area contributed by atoms with Crippen molar-refractivity contribution in [2.24, 2.45) is 5.92 Å². The van der Waals surface area contributed by atoms with Crippen LogP contribution in [0.3, 0.4) is 0 Å². The van der Waals surface area contributed by atoms with Gasteiger partial charge in [-0.1, -0.05) is 84.9 Å². The number of rotatable bonds is 11. The number of hydrogen-bond acceptors (Lipinski definition) is 6. The summed E-state index contributed by atoms with van der Waals surface area (Å²) < 4.78 is 5.14. The van der Waals surface area contributed by atoms with E-state index in [-0.39, 0.29) is 18.7 Å². The Morgan fingerprint density at radius 2 is 1.54 bits per heavy atom. The van der Waals surface area contributed by atoms with Crippen LogP contribution in [-0.4, -0.2) is 52.4 Å². The number of hydrogen-bond donors (Lipinski definition) is 4. The minimum absolute atomic E-state index is 0.0768. The van der Waals surface area contributed by atoms with Gasteiger partial charge in [-0.15, -0.1) is 0 Å². The summed E-state index contributed by atoms with van der Waals surface area (Å²) in [5.41, 5.74) is 3.75. The topological polar surface area (TPSA) is 125 Å². The van der Waals surface area contributed by atoms with Gasteiger partial charge in [-0.2, -0.15) is 0 Å². The van der Waals surface area contributed by atoms with Crippen LogP contribution in [0.1, 0.15) is 47.6 Å². The second-order valence-corrected chi connectivity index (χ2v) is 11.0. The summed E-state index contributed by atoms with van der Waals surface area (Å²) >= 11 is 0. The van der Waals surface area contributed by atoms with Crippen molar-refractivity contribution in [2.75, 3.05) is 0 Å². The lowest BCUT2D eigenvalue weighted by Crippen LogP contribution is -2.50. The molecule has 0 spiro atoms. The highest BCUT2D eigenvalue weighted by Gasteiger charge is 2.36. The van der Waals surface area contributed by atoms with E-state index in [9.17, 15) is 24.6 Å². The molecule has 0 aromatic heterocycles. The molecule has 2 amide bonds. The first-order valence-electron chi connectivity index (χ1n) is 14.2. The number of amides is 2. The number of carbonyl (C=O) groups excluding carboxylic acids is 3. The minimum atomic E-state index is -1.07. The highest BCUT2D eigenvalue weighted by Crippen LogP contribution is 2.32. The molecule has 0 unspecified atom stereocenters. The summed E-state index contributed by atoms with van der Waals surface area (Å²) in [7, 11) is 0. The van der Waals surface area contributed by atoms with Gasteiger partial charge in [-0.05, 0) is 41.5 Å². The molecule has 1 saturated heterocycles. The Labute approximate surface area is 239 Å². The summed E-state index contributed by atoms with van der Waals surface area (Å²) in [6.07, 6.45) is -0.974. The molecule has 5 rings (SSSR count). The average Bonchev–Trinajstić information content (AvgIpc) is 3.56. The molecule has 2 aliphatic rings. The van der Waals surface area contributed by atoms with Gasteiger partial charge in [0, 0.05) is 25.2 Å². The van der Waals surface area contributed by atoms with E-state index in [0.717, 1.165) is 22.3 Å². The van der Waals surface area contributed by atoms with E-state index in [1.54, 1.807) is 0 Å². The van der Waals surface area contributed by atoms with Crippen molar-refractivity contribution >= 4 is 17.8 Å². The number of fused-ring (bicyclic) bond motifs is 1. The number of aliphatic hydroxyl groups excluding tert-OH is 2. The molecule has 0 bridgehead atoms. The molecule has 8 nitrogen and oxygen atoms in total. The van der Waals surface area contributed by atoms with Gasteiger partial charge in [0.15, 0.2) is 6.10 Å². The maximum absolute atomic E-state index is 13.8. The van der Waals surface area contributed by atoms with Crippen molar-refractivity contribution in [1.82, 2.24) is 10.6 Å². The highest BCUT2D eigenvalue weighted by atomic mass is 16.6. The van der Waals surface area contributed by atoms with Gasteiger partial charge in [0.25, 0.3) is 5.91 Å². The number of aliphatic hydroxyl groups is 2. The van der Waals surface area contributed by atoms with Crippen LogP contribution in [-0.2, 0) is 38.4 Å². The molecule has 1 fully saturated rings. The van der Waals surface area contributed by atoms with Crippen LogP contribution in [0.25, 0.3) is 0 Å². The fourth-order valence-corrected chi connectivity index (χ4v) is 5.79. The van der Waals surface area contributed by atoms with Crippen LogP contribution in [0, 0.1) is 5.92 Å². The monoisotopic (exact) mass is 556 g/mol. The van der Waals surface area contributed by atoms with Crippen molar-refractivity contribution in [3.63, 3.8) is 0 Å². The molecule has 4 N–H and O–H groups in total. The third-order valence-electron chi connectivity index (χ3n) is 7.99. The zero-order valence-corrected chi connectivity index (χ0v) is 22.8. The molecule has 214 valence electrons. The Morgan fingerprint density at radius 3 is 2.20 bits per heavy atom. The Bertz CT molecular complexity index is 1350. The van der Waals surface area contributed by atoms with Crippen LogP contribution >= 0.6 is 0 Å². The molecule has 1 heterocycles. The van der Waals surface area contributed by atoms with Crippen LogP contribution < -0.4 is 10.6 Å². The van der Waals surface area contributed by atoms with Gasteiger partial charge < -0.3 is 25.6 Å². The molecule has 3 aromatic rings. The SMILES string of the molecule is O=C1CC[C@@H](C(=O)N[C@@H](Cc2ccccc2)[C@@H](O)C[C@@H](Cc2ccccc2)C(=O)N[C@H]2c3ccccc3C[C@H]2O)O1. The van der Waals surface area contributed by atoms with Crippen LogP contribution in [0.15, 0.2) is 84.9 Å². The third-order valence-corrected chi connectivity index (χ3v) is 7.99. The van der Waals surface area contributed by atoms with Gasteiger partial charge in [0.1, 0.15) is 0 Å². The highest BCUT2D eigenvalue weighted by molar-refractivity contribution is 5.86. The number of esters is 1. The van der Waals surface area contributed by atoms with E-state index in [2.05, 4.69) is 10.6 Å². The molecule has 1 aliphatic heterocycles. The second-order valence-electron chi connectivity index (χ2n) is 11.0. The van der Waals surface area contributed by atoms with E-state index in [0.29, 0.717) is 25.7 Å². The second kappa shape index (κ2) is 13.1. The van der Waals surface area contributed by atoms with Crippen LogP contribution in [0.2, 0.25) is 0 Å². The number of cyclic esters (lactones) is 1. The van der Waals surface area contributed by atoms with E-state index >= 15 is 0 Å². The zero-order chi connectivity index (χ0) is 28.8. The Balaban J connectivity index is 1.35. The first-order valence-corrected chi connectivity index (χ1v) is 14.2. The summed E-state index contributed by atoms with van der Waals surface area (Å²) in [5.74, 6) is -1.78. The van der Waals surface area contributed by atoms with E-state index in [4.69, 9.17) is 4.74 Å². The van der Waals surface area contributed by atoms with Crippen molar-refractivity contribution in [3.05, 3.63) is 107 Å². The minimum Gasteiger partial charge on any atom is -0.452 e. The lowest BCUT2D eigenvalue weighted by atomic mass is 9.88. The van der Waals surface area contributed by atoms with Crippen molar-refractivity contribution < 1.29 is 29.3 Å². The molecule has 8 heteroatoms. The predicted molar refractivity (Wildman–Crippen MR) is 152 cm³/mol. The average molecular weight is 557 g/mol. The smallest absolute Gasteiger partial charge is 0.306 e. The fourth-order valence-electron chi connectivity index (χ4n) is 5.79. The van der Waals surface area contributed by atoms with E-state index in [1.807, 2.05) is 84.9 Å². The third kappa shape index (κ3) is 7.20. The van der Waals surface area contributed by atoms with E-state index < -0.39 is 48.2 Å². The van der Waals surface area contributed by atoms with Crippen molar-refractivity contribution in [3.8, 4) is 0 Å². The summed E-state index contributed by atoms with van der Waals surface area (Å²) in [6.45, 7) is 0. The van der Waals surface area contributed by atoms with Crippen molar-refractivity contribution in [1.29, 1.82) is 0 Å². The quantitative estimate of drug-likeness (QED) is 0.269. The number of carbonyl (C=O) groups is 3. The number of benzene rings is 3. The lowest BCUT2D eigenvalue weighted by Gasteiger charge is -2.29. The summed E-state index contributed by atoms with van der Waals surface area (Å²) in [6, 6.07) is 25.5. The first kappa shape index (κ1) is 28.5. The Morgan fingerprint density at radius 1 is 0.902 bits per heavy atom. The number of ether oxygens (including phenoxy) is 1.